The molecular formula is C9H19N3O4S2. The number of nitrogens with two attached hydrogens (primary N) is 1. The standard InChI is InChI=1S/C9H19N3O4S2/c1-4-7(5-8(10)17)11-18(14,15)12-9(13)16-6(2)3/h6-7,11H,4-5H2,1-3H3,(H2,10,17)(H,12,13). The number of ether oxygens (including phenoxy) is 1. The summed E-state index contributed by atoms with van der Waals surface area (Å²) in [5.74, 6) is 0. The Hall–Kier alpha value is -0.930. The summed E-state index contributed by atoms with van der Waals surface area (Å²) < 4.78 is 31.8. The van der Waals surface area contributed by atoms with Crippen molar-refractivity contribution in [1.29, 1.82) is 0 Å². The van der Waals surface area contributed by atoms with Gasteiger partial charge < -0.3 is 10.5 Å². The number of amides is 1. The fourth-order valence-corrected chi connectivity index (χ4v) is 2.33. The van der Waals surface area contributed by atoms with E-state index in [4.69, 9.17) is 18.0 Å². The van der Waals surface area contributed by atoms with E-state index in [-0.39, 0.29) is 11.4 Å². The summed E-state index contributed by atoms with van der Waals surface area (Å²) in [4.78, 5) is 11.4. The Morgan fingerprint density at radius 2 is 2.00 bits per heavy atom. The Labute approximate surface area is 113 Å². The van der Waals surface area contributed by atoms with Gasteiger partial charge >= 0.3 is 16.3 Å². The maximum atomic E-state index is 11.6. The predicted molar refractivity (Wildman–Crippen MR) is 72.3 cm³/mol. The minimum atomic E-state index is -3.97. The topological polar surface area (TPSA) is 111 Å². The van der Waals surface area contributed by atoms with Crippen molar-refractivity contribution < 1.29 is 17.9 Å². The van der Waals surface area contributed by atoms with E-state index in [1.807, 2.05) is 0 Å². The summed E-state index contributed by atoms with van der Waals surface area (Å²) in [5.41, 5.74) is 5.34. The molecule has 0 bridgehead atoms. The fourth-order valence-electron chi connectivity index (χ4n) is 1.11. The van der Waals surface area contributed by atoms with Gasteiger partial charge in [-0.3, -0.25) is 0 Å². The van der Waals surface area contributed by atoms with Crippen LogP contribution in [0.3, 0.4) is 0 Å². The van der Waals surface area contributed by atoms with Gasteiger partial charge in [-0.1, -0.05) is 19.1 Å². The summed E-state index contributed by atoms with van der Waals surface area (Å²) in [6.07, 6.45) is -0.704. The maximum absolute atomic E-state index is 11.6. The lowest BCUT2D eigenvalue weighted by molar-refractivity contribution is 0.121. The monoisotopic (exact) mass is 297 g/mol. The number of carbonyl (C=O) groups is 1. The van der Waals surface area contributed by atoms with E-state index < -0.39 is 28.4 Å². The molecule has 1 atom stereocenters. The lowest BCUT2D eigenvalue weighted by Crippen LogP contribution is -2.46. The van der Waals surface area contributed by atoms with Gasteiger partial charge in [-0.2, -0.15) is 13.1 Å². The molecule has 0 heterocycles. The van der Waals surface area contributed by atoms with Crippen molar-refractivity contribution in [3.05, 3.63) is 0 Å². The van der Waals surface area contributed by atoms with Crippen LogP contribution in [-0.2, 0) is 14.9 Å². The third-order valence-corrected chi connectivity index (χ3v) is 3.07. The maximum Gasteiger partial charge on any atom is 0.422 e. The molecule has 0 aromatic carbocycles. The lowest BCUT2D eigenvalue weighted by Gasteiger charge is -2.17. The van der Waals surface area contributed by atoms with Crippen molar-refractivity contribution in [3.63, 3.8) is 0 Å². The summed E-state index contributed by atoms with van der Waals surface area (Å²) >= 11 is 4.70. The Kier molecular flexibility index (Phi) is 7.11. The van der Waals surface area contributed by atoms with Crippen LogP contribution >= 0.6 is 12.2 Å². The van der Waals surface area contributed by atoms with Gasteiger partial charge in [-0.05, 0) is 20.3 Å². The molecule has 4 N–H and O–H groups in total. The molecule has 0 aliphatic heterocycles. The SMILES string of the molecule is CCC(CC(N)=S)NS(=O)(=O)NC(=O)OC(C)C. The molecule has 0 aromatic rings. The van der Waals surface area contributed by atoms with Crippen LogP contribution in [0.5, 0.6) is 0 Å². The van der Waals surface area contributed by atoms with Gasteiger partial charge in [-0.25, -0.2) is 9.52 Å². The van der Waals surface area contributed by atoms with Gasteiger partial charge in [0.2, 0.25) is 0 Å². The number of nitrogens with one attached hydrogen (secondary N) is 2. The first-order valence-electron chi connectivity index (χ1n) is 5.45. The quantitative estimate of drug-likeness (QED) is 0.587. The first kappa shape index (κ1) is 17.1. The molecule has 18 heavy (non-hydrogen) atoms. The van der Waals surface area contributed by atoms with E-state index in [2.05, 4.69) is 9.46 Å². The van der Waals surface area contributed by atoms with E-state index in [1.165, 1.54) is 0 Å². The lowest BCUT2D eigenvalue weighted by atomic mass is 10.2. The highest BCUT2D eigenvalue weighted by molar-refractivity contribution is 7.88. The Balaban J connectivity index is 4.45. The summed E-state index contributed by atoms with van der Waals surface area (Å²) in [7, 11) is -3.97. The molecule has 9 heteroatoms. The molecular weight excluding hydrogens is 278 g/mol. The summed E-state index contributed by atoms with van der Waals surface area (Å²) in [6.45, 7) is 5.00. The van der Waals surface area contributed by atoms with Crippen LogP contribution in [0, 0.1) is 0 Å². The van der Waals surface area contributed by atoms with Crippen molar-refractivity contribution in [3.8, 4) is 0 Å². The fraction of sp³-hybridized carbons (Fsp3) is 0.778. The highest BCUT2D eigenvalue weighted by atomic mass is 32.2. The summed E-state index contributed by atoms with van der Waals surface area (Å²) in [5, 5.41) is 0. The van der Waals surface area contributed by atoms with Gasteiger partial charge in [0.05, 0.1) is 11.1 Å². The van der Waals surface area contributed by atoms with Crippen LogP contribution in [0.1, 0.15) is 33.6 Å². The predicted octanol–water partition coefficient (Wildman–Crippen LogP) is 0.410. The minimum Gasteiger partial charge on any atom is -0.446 e. The molecule has 0 aliphatic rings. The zero-order valence-electron chi connectivity index (χ0n) is 10.6. The van der Waals surface area contributed by atoms with Crippen molar-refractivity contribution in [2.75, 3.05) is 0 Å². The van der Waals surface area contributed by atoms with Crippen LogP contribution in [0.25, 0.3) is 0 Å². The van der Waals surface area contributed by atoms with E-state index >= 15 is 0 Å². The highest BCUT2D eigenvalue weighted by Gasteiger charge is 2.20. The molecule has 0 rings (SSSR count). The molecule has 0 saturated carbocycles. The van der Waals surface area contributed by atoms with Gasteiger partial charge in [-0.15, -0.1) is 0 Å². The first-order chi connectivity index (χ1) is 8.16. The molecule has 7 nitrogen and oxygen atoms in total. The first-order valence-corrected chi connectivity index (χ1v) is 7.34. The zero-order valence-corrected chi connectivity index (χ0v) is 12.2. The van der Waals surface area contributed by atoms with Crippen LogP contribution in [0.4, 0.5) is 4.79 Å². The molecule has 0 saturated heterocycles. The minimum absolute atomic E-state index is 0.203. The van der Waals surface area contributed by atoms with Crippen LogP contribution in [0.2, 0.25) is 0 Å². The van der Waals surface area contributed by atoms with Crippen LogP contribution in [-0.4, -0.2) is 31.6 Å². The highest BCUT2D eigenvalue weighted by Crippen LogP contribution is 2.00. The number of hydrogen-bond acceptors (Lipinski definition) is 5. The van der Waals surface area contributed by atoms with Gasteiger partial charge in [0.1, 0.15) is 0 Å². The Morgan fingerprint density at radius 3 is 2.39 bits per heavy atom. The molecule has 0 radical (unpaired) electrons. The normalized spacial score (nSPS) is 13.1. The van der Waals surface area contributed by atoms with Gasteiger partial charge in [0.25, 0.3) is 0 Å². The second-order valence-corrected chi connectivity index (χ2v) is 5.92. The van der Waals surface area contributed by atoms with Gasteiger partial charge in [0, 0.05) is 12.5 Å². The zero-order chi connectivity index (χ0) is 14.3. The van der Waals surface area contributed by atoms with E-state index in [1.54, 1.807) is 25.5 Å². The van der Waals surface area contributed by atoms with Crippen molar-refractivity contribution in [2.45, 2.75) is 45.8 Å². The number of carbonyl (C=O) groups excluding carboxylic acids is 1. The molecule has 0 spiro atoms. The largest absolute Gasteiger partial charge is 0.446 e. The number of rotatable bonds is 7. The second-order valence-electron chi connectivity index (χ2n) is 3.95. The third kappa shape index (κ3) is 8.20. The van der Waals surface area contributed by atoms with E-state index in [0.717, 1.165) is 0 Å². The third-order valence-electron chi connectivity index (χ3n) is 1.82. The van der Waals surface area contributed by atoms with Crippen molar-refractivity contribution in [2.24, 2.45) is 5.73 Å². The number of hydrogen-bond donors (Lipinski definition) is 3. The molecule has 1 amide bonds. The Bertz CT molecular complexity index is 395. The van der Waals surface area contributed by atoms with Crippen LogP contribution in [0.15, 0.2) is 0 Å². The van der Waals surface area contributed by atoms with E-state index in [0.29, 0.717) is 6.42 Å². The average molecular weight is 297 g/mol. The van der Waals surface area contributed by atoms with E-state index in [9.17, 15) is 13.2 Å². The van der Waals surface area contributed by atoms with Gasteiger partial charge in [0.15, 0.2) is 0 Å². The molecule has 0 fully saturated rings. The van der Waals surface area contributed by atoms with Crippen molar-refractivity contribution in [1.82, 2.24) is 9.44 Å². The molecule has 106 valence electrons. The Morgan fingerprint density at radius 1 is 1.44 bits per heavy atom. The molecule has 0 aliphatic carbocycles. The number of thiocarbonyl (C=S) groups is 1. The van der Waals surface area contributed by atoms with Crippen LogP contribution < -0.4 is 15.2 Å². The average Bonchev–Trinajstić information content (AvgIpc) is 2.12. The summed E-state index contributed by atoms with van der Waals surface area (Å²) in [6, 6.07) is -0.452. The van der Waals surface area contributed by atoms with Crippen molar-refractivity contribution >= 4 is 33.5 Å². The smallest absolute Gasteiger partial charge is 0.422 e. The molecule has 1 unspecified atom stereocenters. The molecule has 0 aromatic heterocycles. The second kappa shape index (κ2) is 7.49.